The van der Waals surface area contributed by atoms with Gasteiger partial charge in [0, 0.05) is 30.4 Å². The first-order chi connectivity index (χ1) is 12.5. The van der Waals surface area contributed by atoms with Gasteiger partial charge in [-0.3, -0.25) is 4.79 Å². The van der Waals surface area contributed by atoms with E-state index in [0.29, 0.717) is 16.5 Å². The first-order valence-electron chi connectivity index (χ1n) is 8.51. The van der Waals surface area contributed by atoms with Crippen molar-refractivity contribution >= 4 is 44.9 Å². The molecule has 0 spiro atoms. The Hall–Kier alpha value is -1.79. The van der Waals surface area contributed by atoms with Gasteiger partial charge >= 0.3 is 0 Å². The first-order valence-corrected chi connectivity index (χ1v) is 9.68. The Labute approximate surface area is 166 Å². The molecule has 138 valence electrons. The summed E-state index contributed by atoms with van der Waals surface area (Å²) < 4.78 is 6.11. The second kappa shape index (κ2) is 8.27. The van der Waals surface area contributed by atoms with Crippen molar-refractivity contribution in [1.29, 1.82) is 0 Å². The molecule has 7 heteroatoms. The van der Waals surface area contributed by atoms with Gasteiger partial charge in [0.1, 0.15) is 11.6 Å². The number of aromatic nitrogens is 1. The van der Waals surface area contributed by atoms with Crippen LogP contribution in [0.25, 0.3) is 0 Å². The van der Waals surface area contributed by atoms with Crippen LogP contribution in [0.15, 0.2) is 41.0 Å². The average Bonchev–Trinajstić information content (AvgIpc) is 2.62. The van der Waals surface area contributed by atoms with Gasteiger partial charge in [0.2, 0.25) is 5.91 Å². The van der Waals surface area contributed by atoms with Crippen molar-refractivity contribution in [3.63, 3.8) is 0 Å². The van der Waals surface area contributed by atoms with Crippen molar-refractivity contribution in [2.24, 2.45) is 5.92 Å². The van der Waals surface area contributed by atoms with E-state index in [4.69, 9.17) is 16.3 Å². The van der Waals surface area contributed by atoms with Gasteiger partial charge in [-0.25, -0.2) is 4.98 Å². The van der Waals surface area contributed by atoms with Crippen LogP contribution in [0.3, 0.4) is 0 Å². The van der Waals surface area contributed by atoms with E-state index in [1.54, 1.807) is 31.5 Å². The third-order valence-corrected chi connectivity index (χ3v) is 5.59. The standard InChI is InChI=1S/C19H21BrClN3O2/c1-12-10-13(7-9-24(12)18-15(20)4-3-8-22-18)19(25)23-14-5-6-17(26-2)16(21)11-14/h3-6,8,11-13H,7,9-10H2,1-2H3,(H,23,25)/t12-,13-/m1/s1. The average molecular weight is 439 g/mol. The number of hydrogen-bond acceptors (Lipinski definition) is 4. The van der Waals surface area contributed by atoms with E-state index in [9.17, 15) is 4.79 Å². The molecular formula is C19H21BrClN3O2. The molecule has 5 nitrogen and oxygen atoms in total. The monoisotopic (exact) mass is 437 g/mol. The molecule has 1 saturated heterocycles. The number of benzene rings is 1. The molecule has 1 N–H and O–H groups in total. The molecule has 0 radical (unpaired) electrons. The predicted molar refractivity (Wildman–Crippen MR) is 108 cm³/mol. The van der Waals surface area contributed by atoms with E-state index in [1.807, 2.05) is 12.1 Å². The number of pyridine rings is 1. The van der Waals surface area contributed by atoms with Gasteiger partial charge in [0.25, 0.3) is 0 Å². The fourth-order valence-corrected chi connectivity index (χ4v) is 4.04. The molecular weight excluding hydrogens is 418 g/mol. The van der Waals surface area contributed by atoms with Crippen molar-refractivity contribution in [3.05, 3.63) is 46.0 Å². The van der Waals surface area contributed by atoms with Crippen LogP contribution < -0.4 is 15.0 Å². The quantitative estimate of drug-likeness (QED) is 0.748. The minimum Gasteiger partial charge on any atom is -0.495 e. The minimum absolute atomic E-state index is 0.0258. The summed E-state index contributed by atoms with van der Waals surface area (Å²) in [7, 11) is 1.56. The van der Waals surface area contributed by atoms with E-state index in [0.717, 1.165) is 29.7 Å². The number of rotatable bonds is 4. The van der Waals surface area contributed by atoms with E-state index in [-0.39, 0.29) is 17.9 Å². The maximum Gasteiger partial charge on any atom is 0.227 e. The van der Waals surface area contributed by atoms with Gasteiger partial charge in [-0.15, -0.1) is 0 Å². The highest BCUT2D eigenvalue weighted by atomic mass is 79.9. The highest BCUT2D eigenvalue weighted by Crippen LogP contribution is 2.32. The van der Waals surface area contributed by atoms with E-state index in [1.165, 1.54) is 0 Å². The number of hydrogen-bond donors (Lipinski definition) is 1. The van der Waals surface area contributed by atoms with Gasteiger partial charge in [0.15, 0.2) is 0 Å². The van der Waals surface area contributed by atoms with Crippen LogP contribution in [0.5, 0.6) is 5.75 Å². The SMILES string of the molecule is COc1ccc(NC(=O)[C@@H]2CCN(c3ncccc3Br)[C@H](C)C2)cc1Cl. The highest BCUT2D eigenvalue weighted by molar-refractivity contribution is 9.10. The summed E-state index contributed by atoms with van der Waals surface area (Å²) in [4.78, 5) is 19.4. The van der Waals surface area contributed by atoms with Gasteiger partial charge in [-0.1, -0.05) is 11.6 Å². The normalized spacial score (nSPS) is 19.9. The molecule has 2 aromatic rings. The molecule has 1 amide bonds. The lowest BCUT2D eigenvalue weighted by atomic mass is 9.90. The summed E-state index contributed by atoms with van der Waals surface area (Å²) in [6, 6.07) is 9.38. The van der Waals surface area contributed by atoms with E-state index < -0.39 is 0 Å². The van der Waals surface area contributed by atoms with Gasteiger partial charge in [-0.05, 0) is 66.0 Å². The Balaban J connectivity index is 1.64. The molecule has 26 heavy (non-hydrogen) atoms. The van der Waals surface area contributed by atoms with Crippen LogP contribution in [0, 0.1) is 5.92 Å². The molecule has 2 atom stereocenters. The summed E-state index contributed by atoms with van der Waals surface area (Å²) in [5.74, 6) is 1.51. The maximum atomic E-state index is 12.7. The van der Waals surface area contributed by atoms with Crippen LogP contribution in [0.4, 0.5) is 11.5 Å². The van der Waals surface area contributed by atoms with Crippen LogP contribution >= 0.6 is 27.5 Å². The number of nitrogens with one attached hydrogen (secondary N) is 1. The Morgan fingerprint density at radius 2 is 2.23 bits per heavy atom. The first kappa shape index (κ1) is 19.0. The molecule has 0 saturated carbocycles. The molecule has 1 aliphatic rings. The fraction of sp³-hybridized carbons (Fsp3) is 0.368. The summed E-state index contributed by atoms with van der Waals surface area (Å²) >= 11 is 9.69. The fourth-order valence-electron chi connectivity index (χ4n) is 3.30. The number of carbonyl (C=O) groups excluding carboxylic acids is 1. The number of methoxy groups -OCH3 is 1. The number of anilines is 2. The zero-order valence-corrected chi connectivity index (χ0v) is 17.0. The largest absolute Gasteiger partial charge is 0.495 e. The molecule has 0 aliphatic carbocycles. The number of amides is 1. The lowest BCUT2D eigenvalue weighted by molar-refractivity contribution is -0.120. The van der Waals surface area contributed by atoms with Crippen LogP contribution in [-0.4, -0.2) is 30.6 Å². The summed E-state index contributed by atoms with van der Waals surface area (Å²) in [6.07, 6.45) is 3.35. The van der Waals surface area contributed by atoms with Gasteiger partial charge in [-0.2, -0.15) is 0 Å². The molecule has 2 heterocycles. The molecule has 1 fully saturated rings. The molecule has 1 aliphatic heterocycles. The molecule has 1 aromatic heterocycles. The molecule has 3 rings (SSSR count). The maximum absolute atomic E-state index is 12.7. The van der Waals surface area contributed by atoms with Gasteiger partial charge < -0.3 is 15.0 Å². The molecule has 0 unspecified atom stereocenters. The smallest absolute Gasteiger partial charge is 0.227 e. The molecule has 0 bridgehead atoms. The topological polar surface area (TPSA) is 54.5 Å². The third kappa shape index (κ3) is 4.13. The number of ether oxygens (including phenoxy) is 1. The van der Waals surface area contributed by atoms with Crippen molar-refractivity contribution < 1.29 is 9.53 Å². The lowest BCUT2D eigenvalue weighted by Crippen LogP contribution is -2.44. The van der Waals surface area contributed by atoms with Crippen LogP contribution in [-0.2, 0) is 4.79 Å². The zero-order valence-electron chi connectivity index (χ0n) is 14.7. The van der Waals surface area contributed by atoms with Crippen molar-refractivity contribution in [1.82, 2.24) is 4.98 Å². The number of halogens is 2. The third-order valence-electron chi connectivity index (χ3n) is 4.68. The van der Waals surface area contributed by atoms with E-state index >= 15 is 0 Å². The summed E-state index contributed by atoms with van der Waals surface area (Å²) in [6.45, 7) is 2.92. The minimum atomic E-state index is -0.0374. The number of carbonyl (C=O) groups is 1. The number of nitrogens with zero attached hydrogens (tertiary/aromatic N) is 2. The van der Waals surface area contributed by atoms with Gasteiger partial charge in [0.05, 0.1) is 16.6 Å². The van der Waals surface area contributed by atoms with Crippen LogP contribution in [0.1, 0.15) is 19.8 Å². The Bertz CT molecular complexity index is 802. The predicted octanol–water partition coefficient (Wildman–Crippen LogP) is 4.75. The highest BCUT2D eigenvalue weighted by Gasteiger charge is 2.31. The van der Waals surface area contributed by atoms with Crippen LogP contribution in [0.2, 0.25) is 5.02 Å². The second-order valence-corrected chi connectivity index (χ2v) is 7.67. The molecule has 1 aromatic carbocycles. The van der Waals surface area contributed by atoms with E-state index in [2.05, 4.69) is 38.1 Å². The zero-order chi connectivity index (χ0) is 18.7. The van der Waals surface area contributed by atoms with Crippen molar-refractivity contribution in [2.45, 2.75) is 25.8 Å². The lowest BCUT2D eigenvalue weighted by Gasteiger charge is -2.38. The van der Waals surface area contributed by atoms with Crippen molar-refractivity contribution in [3.8, 4) is 5.75 Å². The Kier molecular flexibility index (Phi) is 6.04. The number of piperidine rings is 1. The second-order valence-electron chi connectivity index (χ2n) is 6.41. The summed E-state index contributed by atoms with van der Waals surface area (Å²) in [5, 5.41) is 3.45. The Morgan fingerprint density at radius 1 is 1.42 bits per heavy atom. The van der Waals surface area contributed by atoms with Crippen molar-refractivity contribution in [2.75, 3.05) is 23.9 Å². The Morgan fingerprint density at radius 3 is 2.88 bits per heavy atom. The summed E-state index contributed by atoms with van der Waals surface area (Å²) in [5.41, 5.74) is 0.684.